The Bertz CT molecular complexity index is 810. The van der Waals surface area contributed by atoms with Crippen LogP contribution in [-0.2, 0) is 16.6 Å². The van der Waals surface area contributed by atoms with E-state index in [1.165, 1.54) is 18.3 Å². The van der Waals surface area contributed by atoms with Crippen molar-refractivity contribution in [1.29, 1.82) is 0 Å². The first-order valence-corrected chi connectivity index (χ1v) is 7.53. The first kappa shape index (κ1) is 13.5. The molecular weight excluding hydrogens is 294 g/mol. The quantitative estimate of drug-likeness (QED) is 0.772. The van der Waals surface area contributed by atoms with Crippen LogP contribution >= 0.6 is 0 Å². The first-order valence-electron chi connectivity index (χ1n) is 6.04. The van der Waals surface area contributed by atoms with Crippen LogP contribution in [0.2, 0.25) is 0 Å². The highest BCUT2D eigenvalue weighted by molar-refractivity contribution is 7.89. The number of sulfonamides is 1. The number of nitrogens with one attached hydrogen (secondary N) is 1. The number of hydrogen-bond acceptors (Lipinski definition) is 6. The summed E-state index contributed by atoms with van der Waals surface area (Å²) in [6, 6.07) is 7.97. The minimum Gasteiger partial charge on any atom is -0.440 e. The zero-order chi connectivity index (χ0) is 14.7. The molecule has 3 aromatic heterocycles. The molecule has 0 unspecified atom stereocenters. The van der Waals surface area contributed by atoms with Crippen LogP contribution in [-0.4, -0.2) is 18.6 Å². The predicted molar refractivity (Wildman–Crippen MR) is 72.5 cm³/mol. The van der Waals surface area contributed by atoms with Crippen LogP contribution < -0.4 is 4.72 Å². The molecule has 0 bridgehead atoms. The van der Waals surface area contributed by atoms with Crippen LogP contribution in [0.25, 0.3) is 11.5 Å². The summed E-state index contributed by atoms with van der Waals surface area (Å²) in [6.07, 6.45) is 4.66. The van der Waals surface area contributed by atoms with Gasteiger partial charge in [0.05, 0.1) is 6.20 Å². The van der Waals surface area contributed by atoms with E-state index in [1.807, 2.05) is 0 Å². The maximum absolute atomic E-state index is 12.1. The van der Waals surface area contributed by atoms with Crippen LogP contribution in [0.3, 0.4) is 0 Å². The molecule has 7 nitrogen and oxygen atoms in total. The molecule has 0 spiro atoms. The second-order valence-corrected chi connectivity index (χ2v) is 5.88. The van der Waals surface area contributed by atoms with Crippen molar-refractivity contribution in [2.75, 3.05) is 0 Å². The second-order valence-electron chi connectivity index (χ2n) is 4.18. The molecule has 0 atom stereocenters. The average molecular weight is 305 g/mol. The number of pyridine rings is 1. The lowest BCUT2D eigenvalue weighted by molar-refractivity contribution is 0.400. The number of hydrogen-bond donors (Lipinski definition) is 1. The van der Waals surface area contributed by atoms with E-state index in [-0.39, 0.29) is 11.6 Å². The summed E-state index contributed by atoms with van der Waals surface area (Å²) in [4.78, 5) is 3.92. The fourth-order valence-electron chi connectivity index (χ4n) is 1.69. The van der Waals surface area contributed by atoms with Gasteiger partial charge in [0.25, 0.3) is 10.0 Å². The maximum atomic E-state index is 12.1. The van der Waals surface area contributed by atoms with Crippen molar-refractivity contribution >= 4 is 10.0 Å². The van der Waals surface area contributed by atoms with Gasteiger partial charge in [0.1, 0.15) is 0 Å². The molecule has 0 fully saturated rings. The molecule has 8 heteroatoms. The third-order valence-corrected chi connectivity index (χ3v) is 3.99. The monoisotopic (exact) mass is 305 g/mol. The number of rotatable bonds is 5. The molecule has 0 saturated carbocycles. The molecule has 0 radical (unpaired) electrons. The van der Waals surface area contributed by atoms with E-state index in [4.69, 9.17) is 8.94 Å². The van der Waals surface area contributed by atoms with E-state index in [2.05, 4.69) is 14.9 Å². The van der Waals surface area contributed by atoms with Crippen molar-refractivity contribution in [3.05, 3.63) is 54.5 Å². The smallest absolute Gasteiger partial charge is 0.274 e. The Labute approximate surface area is 120 Å². The van der Waals surface area contributed by atoms with Gasteiger partial charge in [-0.1, -0.05) is 11.2 Å². The lowest BCUT2D eigenvalue weighted by Crippen LogP contribution is -2.22. The summed E-state index contributed by atoms with van der Waals surface area (Å²) in [5, 5.41) is 3.36. The largest absolute Gasteiger partial charge is 0.440 e. The van der Waals surface area contributed by atoms with Gasteiger partial charge in [0.2, 0.25) is 10.9 Å². The maximum Gasteiger partial charge on any atom is 0.274 e. The normalized spacial score (nSPS) is 11.6. The molecular formula is C13H11N3O4S. The van der Waals surface area contributed by atoms with E-state index < -0.39 is 10.0 Å². The van der Waals surface area contributed by atoms with Gasteiger partial charge in [-0.05, 0) is 23.8 Å². The highest BCUT2D eigenvalue weighted by atomic mass is 32.2. The standard InChI is InChI=1S/C13H11N3O4S/c17-21(18,16-9-10-2-1-6-14-8-10)13-4-3-11(19-13)12-5-7-15-20-12/h1-8,16H,9H2. The summed E-state index contributed by atoms with van der Waals surface area (Å²) in [5.74, 6) is 0.665. The average Bonchev–Trinajstić information content (AvgIpc) is 3.17. The van der Waals surface area contributed by atoms with E-state index in [0.29, 0.717) is 11.5 Å². The summed E-state index contributed by atoms with van der Waals surface area (Å²) >= 11 is 0. The van der Waals surface area contributed by atoms with Gasteiger partial charge >= 0.3 is 0 Å². The third kappa shape index (κ3) is 3.01. The molecule has 0 saturated heterocycles. The minimum absolute atomic E-state index is 0.133. The van der Waals surface area contributed by atoms with Gasteiger partial charge in [-0.25, -0.2) is 13.1 Å². The van der Waals surface area contributed by atoms with Crippen LogP contribution in [0.1, 0.15) is 5.56 Å². The Morgan fingerprint density at radius 2 is 2.00 bits per heavy atom. The molecule has 3 aromatic rings. The molecule has 0 aromatic carbocycles. The Morgan fingerprint density at radius 3 is 2.71 bits per heavy atom. The van der Waals surface area contributed by atoms with Crippen molar-refractivity contribution in [3.63, 3.8) is 0 Å². The Hall–Kier alpha value is -2.45. The van der Waals surface area contributed by atoms with Crippen LogP contribution in [0.5, 0.6) is 0 Å². The van der Waals surface area contributed by atoms with Crippen molar-refractivity contribution in [2.24, 2.45) is 0 Å². The lowest BCUT2D eigenvalue weighted by Gasteiger charge is -2.03. The highest BCUT2D eigenvalue weighted by Gasteiger charge is 2.20. The van der Waals surface area contributed by atoms with Gasteiger partial charge in [-0.2, -0.15) is 0 Å². The van der Waals surface area contributed by atoms with Crippen LogP contribution in [0.15, 0.2) is 63.0 Å². The predicted octanol–water partition coefficient (Wildman–Crippen LogP) is 1.81. The summed E-state index contributed by atoms with van der Waals surface area (Å²) in [6.45, 7) is 0.133. The van der Waals surface area contributed by atoms with E-state index in [0.717, 1.165) is 5.56 Å². The van der Waals surface area contributed by atoms with Gasteiger partial charge in [0.15, 0.2) is 5.76 Å². The molecule has 21 heavy (non-hydrogen) atoms. The molecule has 0 amide bonds. The first-order chi connectivity index (χ1) is 10.1. The van der Waals surface area contributed by atoms with Crippen molar-refractivity contribution in [3.8, 4) is 11.5 Å². The van der Waals surface area contributed by atoms with Gasteiger partial charge < -0.3 is 8.94 Å². The second kappa shape index (κ2) is 5.51. The molecule has 3 rings (SSSR count). The minimum atomic E-state index is -3.74. The highest BCUT2D eigenvalue weighted by Crippen LogP contribution is 2.23. The summed E-state index contributed by atoms with van der Waals surface area (Å²) in [5.41, 5.74) is 0.753. The fourth-order valence-corrected chi connectivity index (χ4v) is 2.64. The Morgan fingerprint density at radius 1 is 1.10 bits per heavy atom. The topological polar surface area (TPSA) is 98.2 Å². The summed E-state index contributed by atoms with van der Waals surface area (Å²) < 4.78 is 36.9. The molecule has 0 aliphatic rings. The van der Waals surface area contributed by atoms with Gasteiger partial charge in [-0.15, -0.1) is 0 Å². The number of furan rings is 1. The fraction of sp³-hybridized carbons (Fsp3) is 0.0769. The molecule has 0 aliphatic carbocycles. The molecule has 1 N–H and O–H groups in total. The molecule has 108 valence electrons. The molecule has 0 aliphatic heterocycles. The van der Waals surface area contributed by atoms with E-state index in [9.17, 15) is 8.42 Å². The zero-order valence-corrected chi connectivity index (χ0v) is 11.6. The summed E-state index contributed by atoms with van der Waals surface area (Å²) in [7, 11) is -3.74. The van der Waals surface area contributed by atoms with Crippen molar-refractivity contribution in [1.82, 2.24) is 14.9 Å². The van der Waals surface area contributed by atoms with Crippen molar-refractivity contribution in [2.45, 2.75) is 11.6 Å². The van der Waals surface area contributed by atoms with Crippen LogP contribution in [0, 0.1) is 0 Å². The van der Waals surface area contributed by atoms with E-state index >= 15 is 0 Å². The van der Waals surface area contributed by atoms with Gasteiger partial charge in [-0.3, -0.25) is 4.98 Å². The van der Waals surface area contributed by atoms with Crippen LogP contribution in [0.4, 0.5) is 0 Å². The SMILES string of the molecule is O=S(=O)(NCc1cccnc1)c1ccc(-c2ccno2)o1. The third-order valence-electron chi connectivity index (χ3n) is 2.72. The number of nitrogens with zero attached hydrogens (tertiary/aromatic N) is 2. The Balaban J connectivity index is 1.76. The van der Waals surface area contributed by atoms with Crippen molar-refractivity contribution < 1.29 is 17.4 Å². The zero-order valence-electron chi connectivity index (χ0n) is 10.8. The van der Waals surface area contributed by atoms with E-state index in [1.54, 1.807) is 30.6 Å². The Kier molecular flexibility index (Phi) is 3.55. The lowest BCUT2D eigenvalue weighted by atomic mass is 10.3. The molecule has 3 heterocycles. The number of aromatic nitrogens is 2. The van der Waals surface area contributed by atoms with Gasteiger partial charge in [0, 0.05) is 25.0 Å².